The summed E-state index contributed by atoms with van der Waals surface area (Å²) < 4.78 is 25.2. The first-order chi connectivity index (χ1) is 10.3. The summed E-state index contributed by atoms with van der Waals surface area (Å²) in [5.74, 6) is 0.682. The van der Waals surface area contributed by atoms with Crippen molar-refractivity contribution in [3.8, 4) is 11.5 Å². The molecule has 1 aromatic rings. The summed E-state index contributed by atoms with van der Waals surface area (Å²) in [5, 5.41) is 0. The number of hydrogen-bond acceptors (Lipinski definition) is 3. The minimum Gasteiger partial charge on any atom is -0.497 e. The number of ether oxygens (including phenoxy) is 2. The lowest BCUT2D eigenvalue weighted by Gasteiger charge is -2.39. The maximum absolute atomic E-state index is 14.0. The van der Waals surface area contributed by atoms with Crippen molar-refractivity contribution in [3.63, 3.8) is 0 Å². The molecule has 0 saturated heterocycles. The number of hydrogen-bond donors (Lipinski definition) is 0. The van der Waals surface area contributed by atoms with Gasteiger partial charge in [-0.3, -0.25) is 4.79 Å². The fourth-order valence-corrected chi connectivity index (χ4v) is 4.36. The van der Waals surface area contributed by atoms with Crippen molar-refractivity contribution < 1.29 is 18.7 Å². The van der Waals surface area contributed by atoms with Crippen LogP contribution < -0.4 is 9.47 Å². The molecule has 0 heterocycles. The maximum Gasteiger partial charge on any atom is 0.156 e. The Hall–Kier alpha value is -1.58. The highest BCUT2D eigenvalue weighted by Gasteiger charge is 2.62. The van der Waals surface area contributed by atoms with E-state index in [9.17, 15) is 9.18 Å². The van der Waals surface area contributed by atoms with Gasteiger partial charge in [0.15, 0.2) is 6.29 Å². The molecule has 2 bridgehead atoms. The van der Waals surface area contributed by atoms with Crippen LogP contribution in [-0.4, -0.2) is 19.5 Å². The molecule has 2 aliphatic rings. The van der Waals surface area contributed by atoms with Crippen LogP contribution in [0.2, 0.25) is 0 Å². The Balaban J connectivity index is 1.95. The molecule has 3 unspecified atom stereocenters. The molecular weight excluding hydrogens is 283 g/mol. The van der Waals surface area contributed by atoms with Crippen LogP contribution in [0.1, 0.15) is 50.4 Å². The number of halogens is 1. The molecule has 2 saturated carbocycles. The molecule has 4 heteroatoms. The van der Waals surface area contributed by atoms with E-state index in [4.69, 9.17) is 9.47 Å². The van der Waals surface area contributed by atoms with Crippen molar-refractivity contribution >= 4 is 6.29 Å². The predicted molar refractivity (Wildman–Crippen MR) is 82.0 cm³/mol. The number of carbonyl (C=O) groups excluding carboxylic acids is 1. The Morgan fingerprint density at radius 2 is 2.05 bits per heavy atom. The highest BCUT2D eigenvalue weighted by molar-refractivity contribution is 5.80. The quantitative estimate of drug-likeness (QED) is 0.781. The van der Waals surface area contributed by atoms with Crippen LogP contribution in [-0.2, 0) is 0 Å². The monoisotopic (exact) mass is 306 g/mol. The summed E-state index contributed by atoms with van der Waals surface area (Å²) in [7, 11) is 1.47. The molecule has 3 nitrogen and oxygen atoms in total. The molecule has 3 atom stereocenters. The van der Waals surface area contributed by atoms with E-state index >= 15 is 0 Å². The highest BCUT2D eigenvalue weighted by atomic mass is 19.1. The second kappa shape index (κ2) is 4.97. The first kappa shape index (κ1) is 15.3. The van der Waals surface area contributed by atoms with Gasteiger partial charge in [-0.25, -0.2) is 4.39 Å². The first-order valence-corrected chi connectivity index (χ1v) is 7.83. The number of methoxy groups -OCH3 is 1. The van der Waals surface area contributed by atoms with Crippen LogP contribution >= 0.6 is 0 Å². The molecule has 3 rings (SSSR count). The van der Waals surface area contributed by atoms with Crippen molar-refractivity contribution in [3.05, 3.63) is 23.5 Å². The largest absolute Gasteiger partial charge is 0.497 e. The fraction of sp³-hybridized carbons (Fsp3) is 0.611. The molecule has 2 fully saturated rings. The zero-order chi connectivity index (χ0) is 16.1. The van der Waals surface area contributed by atoms with E-state index in [1.165, 1.54) is 19.6 Å². The van der Waals surface area contributed by atoms with Gasteiger partial charge in [-0.05, 0) is 30.6 Å². The zero-order valence-electron chi connectivity index (χ0n) is 13.6. The van der Waals surface area contributed by atoms with Gasteiger partial charge in [0.25, 0.3) is 0 Å². The number of rotatable bonds is 4. The van der Waals surface area contributed by atoms with Crippen molar-refractivity contribution in [1.82, 2.24) is 0 Å². The van der Waals surface area contributed by atoms with Gasteiger partial charge in [0.05, 0.1) is 12.7 Å². The molecule has 120 valence electrons. The maximum atomic E-state index is 14.0. The van der Waals surface area contributed by atoms with Crippen LogP contribution in [0.4, 0.5) is 4.39 Å². The van der Waals surface area contributed by atoms with Crippen molar-refractivity contribution in [2.75, 3.05) is 7.11 Å². The third-order valence-corrected chi connectivity index (χ3v) is 6.40. The van der Waals surface area contributed by atoms with Gasteiger partial charge in [-0.1, -0.05) is 20.8 Å². The van der Waals surface area contributed by atoms with E-state index in [1.54, 1.807) is 6.07 Å². The molecule has 0 spiro atoms. The van der Waals surface area contributed by atoms with Crippen LogP contribution in [0.25, 0.3) is 0 Å². The lowest BCUT2D eigenvalue weighted by molar-refractivity contribution is 0.0294. The molecular formula is C18H23FO3. The summed E-state index contributed by atoms with van der Waals surface area (Å²) >= 11 is 0. The van der Waals surface area contributed by atoms with Crippen LogP contribution in [0.15, 0.2) is 12.1 Å². The van der Waals surface area contributed by atoms with Gasteiger partial charge in [0.1, 0.15) is 23.4 Å². The smallest absolute Gasteiger partial charge is 0.156 e. The number of aldehydes is 1. The second-order valence-electron chi connectivity index (χ2n) is 7.36. The molecule has 2 aliphatic carbocycles. The van der Waals surface area contributed by atoms with E-state index in [1.807, 2.05) is 0 Å². The van der Waals surface area contributed by atoms with Crippen LogP contribution in [0.5, 0.6) is 11.5 Å². The number of fused-ring (bicyclic) bond motifs is 2. The Labute approximate surface area is 130 Å². The topological polar surface area (TPSA) is 35.5 Å². The van der Waals surface area contributed by atoms with E-state index in [0.717, 1.165) is 12.8 Å². The summed E-state index contributed by atoms with van der Waals surface area (Å²) in [6.45, 7) is 6.84. The molecule has 22 heavy (non-hydrogen) atoms. The van der Waals surface area contributed by atoms with Gasteiger partial charge in [0.2, 0.25) is 0 Å². The SMILES string of the molecule is COc1cc(F)c(C=O)c(OC2CC3CCC2(C)C3(C)C)c1. The highest BCUT2D eigenvalue weighted by Crippen LogP contribution is 2.66. The lowest BCUT2D eigenvalue weighted by atomic mass is 9.70. The van der Waals surface area contributed by atoms with Crippen LogP contribution in [0.3, 0.4) is 0 Å². The predicted octanol–water partition coefficient (Wildman–Crippen LogP) is 4.24. The fourth-order valence-electron chi connectivity index (χ4n) is 4.36. The molecule has 0 aromatic heterocycles. The van der Waals surface area contributed by atoms with E-state index in [0.29, 0.717) is 23.7 Å². The zero-order valence-corrected chi connectivity index (χ0v) is 13.6. The standard InChI is InChI=1S/C18H23FO3/c1-17(2)11-5-6-18(17,3)16(7-11)22-15-9-12(21-4)8-14(19)13(15)10-20/h8-11,16H,5-7H2,1-4H3. The van der Waals surface area contributed by atoms with E-state index in [2.05, 4.69) is 20.8 Å². The summed E-state index contributed by atoms with van der Waals surface area (Å²) in [6.07, 6.45) is 3.81. The molecule has 0 aliphatic heterocycles. The minimum atomic E-state index is -0.600. The number of carbonyl (C=O) groups is 1. The van der Waals surface area contributed by atoms with Crippen LogP contribution in [0, 0.1) is 22.6 Å². The Morgan fingerprint density at radius 3 is 2.55 bits per heavy atom. The van der Waals surface area contributed by atoms with Gasteiger partial charge in [-0.2, -0.15) is 0 Å². The summed E-state index contributed by atoms with van der Waals surface area (Å²) in [4.78, 5) is 11.2. The lowest BCUT2D eigenvalue weighted by Crippen LogP contribution is -2.39. The summed E-state index contributed by atoms with van der Waals surface area (Å²) in [5.41, 5.74) is 0.235. The Morgan fingerprint density at radius 1 is 1.32 bits per heavy atom. The van der Waals surface area contributed by atoms with E-state index in [-0.39, 0.29) is 22.5 Å². The Kier molecular flexibility index (Phi) is 3.46. The molecule has 0 amide bonds. The van der Waals surface area contributed by atoms with E-state index < -0.39 is 5.82 Å². The number of benzene rings is 1. The van der Waals surface area contributed by atoms with Gasteiger partial charge in [-0.15, -0.1) is 0 Å². The molecule has 0 radical (unpaired) electrons. The van der Waals surface area contributed by atoms with Crippen molar-refractivity contribution in [2.24, 2.45) is 16.7 Å². The minimum absolute atomic E-state index is 0.00598. The summed E-state index contributed by atoms with van der Waals surface area (Å²) in [6, 6.07) is 2.82. The van der Waals surface area contributed by atoms with Crippen molar-refractivity contribution in [1.29, 1.82) is 0 Å². The first-order valence-electron chi connectivity index (χ1n) is 7.83. The van der Waals surface area contributed by atoms with Gasteiger partial charge < -0.3 is 9.47 Å². The third-order valence-electron chi connectivity index (χ3n) is 6.40. The van der Waals surface area contributed by atoms with Crippen molar-refractivity contribution in [2.45, 2.75) is 46.1 Å². The molecule has 0 N–H and O–H groups in total. The average molecular weight is 306 g/mol. The molecule has 1 aromatic carbocycles. The van der Waals surface area contributed by atoms with Gasteiger partial charge in [0, 0.05) is 17.5 Å². The average Bonchev–Trinajstić information content (AvgIpc) is 2.80. The third kappa shape index (κ3) is 1.96. The Bertz CT molecular complexity index is 611. The normalized spacial score (nSPS) is 32.0. The van der Waals surface area contributed by atoms with Gasteiger partial charge >= 0.3 is 0 Å². The second-order valence-corrected chi connectivity index (χ2v) is 7.36.